The highest BCUT2D eigenvalue weighted by molar-refractivity contribution is 6.74. The number of rotatable bonds is 13. The molecule has 1 aromatic carbocycles. The second-order valence-corrected chi connectivity index (χ2v) is 21.4. The van der Waals surface area contributed by atoms with Gasteiger partial charge in [-0.25, -0.2) is 4.39 Å². The average Bonchev–Trinajstić information content (AvgIpc) is 3.45. The average molecular weight is 728 g/mol. The fourth-order valence-corrected chi connectivity index (χ4v) is 9.25. The van der Waals surface area contributed by atoms with Crippen LogP contribution >= 0.6 is 0 Å². The van der Waals surface area contributed by atoms with E-state index in [2.05, 4.69) is 32.9 Å². The minimum Gasteiger partial charge on any atom is -0.508 e. The van der Waals surface area contributed by atoms with Crippen molar-refractivity contribution in [1.29, 1.82) is 0 Å². The second kappa shape index (κ2) is 14.4. The maximum Gasteiger partial charge on any atom is 0.265 e. The van der Waals surface area contributed by atoms with Gasteiger partial charge in [0.15, 0.2) is 25.5 Å². The summed E-state index contributed by atoms with van der Waals surface area (Å²) in [5.41, 5.74) is -0.229. The van der Waals surface area contributed by atoms with Crippen molar-refractivity contribution in [2.45, 2.75) is 116 Å². The van der Waals surface area contributed by atoms with Gasteiger partial charge in [0.05, 0.1) is 24.8 Å². The molecule has 51 heavy (non-hydrogen) atoms. The molecule has 3 aliphatic carbocycles. The zero-order valence-corrected chi connectivity index (χ0v) is 33.7. The molecular weight excluding hydrogens is 670 g/mol. The first-order valence-corrected chi connectivity index (χ1v) is 21.4. The van der Waals surface area contributed by atoms with E-state index in [9.17, 15) is 9.90 Å². The number of nitrogens with zero attached hydrogens (tertiary/aromatic N) is 3. The van der Waals surface area contributed by atoms with Crippen LogP contribution < -0.4 is 9.47 Å². The third kappa shape index (κ3) is 6.48. The maximum atomic E-state index is 16.7. The number of aliphatic hydroxyl groups is 1. The first kappa shape index (κ1) is 39.2. The molecule has 0 saturated carbocycles. The number of hydrogen-bond acceptors (Lipinski definition) is 10. The molecule has 0 fully saturated rings. The van der Waals surface area contributed by atoms with Gasteiger partial charge in [0.25, 0.3) is 5.88 Å². The summed E-state index contributed by atoms with van der Waals surface area (Å²) in [7, 11) is 4.67. The summed E-state index contributed by atoms with van der Waals surface area (Å²) >= 11 is 0. The minimum atomic E-state index is -2.86. The Kier molecular flexibility index (Phi) is 11.1. The van der Waals surface area contributed by atoms with Crippen molar-refractivity contribution >= 4 is 19.9 Å². The van der Waals surface area contributed by atoms with Crippen LogP contribution in [0.3, 0.4) is 0 Å². The fraction of sp³-hybridized carbons (Fsp3) is 0.667. The van der Waals surface area contributed by atoms with E-state index in [1.807, 2.05) is 58.0 Å². The molecule has 282 valence electrons. The molecule has 2 aromatic rings. The van der Waals surface area contributed by atoms with Gasteiger partial charge in [0.1, 0.15) is 22.9 Å². The quantitative estimate of drug-likeness (QED) is 0.161. The Bertz CT molecular complexity index is 1710. The molecule has 0 unspecified atom stereocenters. The molecule has 4 atom stereocenters. The van der Waals surface area contributed by atoms with Crippen molar-refractivity contribution in [3.63, 3.8) is 0 Å². The highest BCUT2D eigenvalue weighted by atomic mass is 28.4. The van der Waals surface area contributed by atoms with Gasteiger partial charge in [-0.05, 0) is 95.6 Å². The topological polar surface area (TPSA) is 115 Å². The summed E-state index contributed by atoms with van der Waals surface area (Å²) < 4.78 is 42.2. The van der Waals surface area contributed by atoms with Crippen molar-refractivity contribution in [2.24, 2.45) is 11.8 Å². The number of allylic oxidation sites excluding steroid dienone is 1. The van der Waals surface area contributed by atoms with E-state index in [0.717, 1.165) is 25.7 Å². The van der Waals surface area contributed by atoms with Crippen LogP contribution in [0, 0.1) is 24.6 Å². The van der Waals surface area contributed by atoms with Gasteiger partial charge in [-0.3, -0.25) is 14.5 Å². The van der Waals surface area contributed by atoms with Crippen molar-refractivity contribution in [2.75, 3.05) is 41.4 Å². The third-order valence-corrected chi connectivity index (χ3v) is 15.9. The molecule has 1 N–H and O–H groups in total. The number of hydrogen-bond donors (Lipinski definition) is 1. The van der Waals surface area contributed by atoms with Crippen molar-refractivity contribution in [3.05, 3.63) is 50.7 Å². The normalized spacial score (nSPS) is 23.4. The van der Waals surface area contributed by atoms with Gasteiger partial charge >= 0.3 is 0 Å². The number of benzene rings is 1. The Balaban J connectivity index is 1.81. The number of halogens is 1. The predicted molar refractivity (Wildman–Crippen MR) is 197 cm³/mol. The number of unbranched alkanes of at least 4 members (excludes halogenated alkanes) is 2. The van der Waals surface area contributed by atoms with Gasteiger partial charge < -0.3 is 28.4 Å². The fourth-order valence-electron chi connectivity index (χ4n) is 7.80. The van der Waals surface area contributed by atoms with Crippen molar-refractivity contribution in [3.8, 4) is 11.6 Å². The summed E-state index contributed by atoms with van der Waals surface area (Å²) in [6.45, 7) is 17.2. The highest BCUT2D eigenvalue weighted by Crippen LogP contribution is 2.60. The van der Waals surface area contributed by atoms with Crippen molar-refractivity contribution in [1.82, 2.24) is 15.0 Å². The van der Waals surface area contributed by atoms with Crippen LogP contribution in [0.1, 0.15) is 116 Å². The van der Waals surface area contributed by atoms with E-state index in [0.29, 0.717) is 48.0 Å². The monoisotopic (exact) mass is 727 g/mol. The molecule has 0 bridgehead atoms. The van der Waals surface area contributed by atoms with Crippen LogP contribution in [0.15, 0.2) is 15.9 Å². The molecule has 0 saturated heterocycles. The number of aromatic nitrogens is 1. The largest absolute Gasteiger partial charge is 0.508 e. The van der Waals surface area contributed by atoms with Crippen LogP contribution in [0.2, 0.25) is 18.1 Å². The molecular formula is C39H58FN3O7Si. The van der Waals surface area contributed by atoms with Crippen LogP contribution in [0.4, 0.5) is 4.39 Å². The van der Waals surface area contributed by atoms with E-state index in [4.69, 9.17) is 18.4 Å². The molecule has 0 amide bonds. The zero-order valence-electron chi connectivity index (χ0n) is 32.7. The molecule has 1 heterocycles. The molecule has 3 aliphatic rings. The number of fused-ring (bicyclic) bond motifs is 4. The van der Waals surface area contributed by atoms with Gasteiger partial charge in [0, 0.05) is 29.2 Å². The Morgan fingerprint density at radius 3 is 2.24 bits per heavy atom. The lowest BCUT2D eigenvalue weighted by Gasteiger charge is -2.55. The second-order valence-electron chi connectivity index (χ2n) is 16.6. The molecule has 10 nitrogen and oxygen atoms in total. The molecule has 1 aromatic heterocycles. The van der Waals surface area contributed by atoms with E-state index in [-0.39, 0.29) is 40.5 Å². The number of Topliss-reactive ketones (excluding diaryl/α,β-unsaturated/α-hetero) is 2. The first-order chi connectivity index (χ1) is 23.8. The maximum absolute atomic E-state index is 16.7. The summed E-state index contributed by atoms with van der Waals surface area (Å²) in [6.07, 6.45) is 3.70. The SMILES string of the molecule is CCCCOc1noc2c1C(=O)[C@@]1(O[Si](C)(C)C(C)(C)C)C(O)=C3C(=O)c4c(c(F)c(CN(C)C)c(C)c4OCCCC)C[C@H]3C[C@H]1[C@@H]2N(C)C. The molecule has 0 aliphatic heterocycles. The highest BCUT2D eigenvalue weighted by Gasteiger charge is 2.67. The van der Waals surface area contributed by atoms with Gasteiger partial charge in [-0.2, -0.15) is 0 Å². The number of ether oxygens (including phenoxy) is 2. The smallest absolute Gasteiger partial charge is 0.265 e. The van der Waals surface area contributed by atoms with Crippen LogP contribution in [0.25, 0.3) is 0 Å². The van der Waals surface area contributed by atoms with E-state index >= 15 is 9.18 Å². The summed E-state index contributed by atoms with van der Waals surface area (Å²) in [5.74, 6) is -2.39. The van der Waals surface area contributed by atoms with E-state index in [1.54, 1.807) is 6.92 Å². The number of carbonyl (C=O) groups is 2. The summed E-state index contributed by atoms with van der Waals surface area (Å²) in [4.78, 5) is 34.1. The molecule has 5 rings (SSSR count). The van der Waals surface area contributed by atoms with E-state index < -0.39 is 54.9 Å². The van der Waals surface area contributed by atoms with Crippen LogP contribution in [-0.4, -0.2) is 87.0 Å². The Hall–Kier alpha value is -3.06. The van der Waals surface area contributed by atoms with Gasteiger partial charge in [-0.1, -0.05) is 47.5 Å². The van der Waals surface area contributed by atoms with Gasteiger partial charge in [0.2, 0.25) is 5.78 Å². The zero-order chi connectivity index (χ0) is 37.8. The molecule has 0 radical (unpaired) electrons. The van der Waals surface area contributed by atoms with Crippen LogP contribution in [0.5, 0.6) is 11.6 Å². The Morgan fingerprint density at radius 2 is 1.67 bits per heavy atom. The van der Waals surface area contributed by atoms with E-state index in [1.165, 1.54) is 0 Å². The first-order valence-electron chi connectivity index (χ1n) is 18.5. The molecule has 12 heteroatoms. The Morgan fingerprint density at radius 1 is 1.04 bits per heavy atom. The van der Waals surface area contributed by atoms with Crippen molar-refractivity contribution < 1.29 is 37.5 Å². The lowest BCUT2D eigenvalue weighted by Crippen LogP contribution is -2.65. The summed E-state index contributed by atoms with van der Waals surface area (Å²) in [6, 6.07) is -0.571. The van der Waals surface area contributed by atoms with Gasteiger partial charge in [-0.15, -0.1) is 0 Å². The minimum absolute atomic E-state index is 0.0601. The number of aliphatic hydroxyl groups excluding tert-OH is 1. The standard InChI is InChI=1S/C39H58FN3O7Si/c1-13-15-17-47-33-22(3)25(21-42(7)8)30(40)24-19-23-20-26-31(43(9)10)34-29(37(41-49-34)48-18-16-14-2)36(46)39(26,50-51(11,12)38(4,5)6)35(45)27(23)32(44)28(24)33/h23,26,31,45H,13-21H2,1-12H3/t23-,26-,31-,39-/m0/s1. The Labute approximate surface area is 303 Å². The van der Waals surface area contributed by atoms with Crippen LogP contribution in [-0.2, 0) is 17.4 Å². The number of ketones is 2. The number of carbonyl (C=O) groups excluding carboxylic acids is 2. The predicted octanol–water partition coefficient (Wildman–Crippen LogP) is 7.99. The summed E-state index contributed by atoms with van der Waals surface area (Å²) in [5, 5.41) is 16.7. The lowest BCUT2D eigenvalue weighted by atomic mass is 9.58. The third-order valence-electron chi connectivity index (χ3n) is 11.5. The lowest BCUT2D eigenvalue weighted by molar-refractivity contribution is -0.0481. The molecule has 0 spiro atoms.